The number of aromatic nitrogens is 6. The number of nitrogens with one attached hydrogen (secondary N) is 3. The lowest BCUT2D eigenvalue weighted by Gasteiger charge is -2.55. The highest BCUT2D eigenvalue weighted by atomic mass is 32.1. The zero-order valence-electron chi connectivity index (χ0n) is 44.7. The van der Waals surface area contributed by atoms with E-state index in [0.29, 0.717) is 40.6 Å². The largest absolute Gasteiger partial charge is 0.391 e. The third-order valence-corrected chi connectivity index (χ3v) is 16.3. The standard InChI is InChI=1S/C56H70N14O6S/c1-8-20-69-52(74)43-27-58-54(63-50(43)70(69)46-11-9-10-45(61-46)56(6,7)76)60-38-16-18-39(19-17-38)65-21-23-66(24-22-65)41-30-67(31-41)40-28-64(29-40)33-47(72)62-49(55(3,4)5)53(75)68-32-42(71)25-44(68)51(73)57-26-36-12-14-37(15-13-36)48-35(2)59-34-77-48/h8-19,27,34,40-42,44,49,71,76H,1,20-26,28-33H2,2-7H3,(H,57,73)(H,62,72)(H,58,60,63)/t42-,44+,49-/m1/s1. The maximum Gasteiger partial charge on any atom is 0.278 e. The van der Waals surface area contributed by atoms with E-state index >= 15 is 0 Å². The molecule has 20 nitrogen and oxygen atoms in total. The van der Waals surface area contributed by atoms with Crippen LogP contribution in [0.15, 0.2) is 95.9 Å². The summed E-state index contributed by atoms with van der Waals surface area (Å²) in [5.41, 5.74) is 5.44. The van der Waals surface area contributed by atoms with Crippen molar-refractivity contribution >= 4 is 57.4 Å². The number of benzene rings is 2. The predicted octanol–water partition coefficient (Wildman–Crippen LogP) is 3.87. The average molecular weight is 1070 g/mol. The van der Waals surface area contributed by atoms with E-state index in [1.807, 2.05) is 69.6 Å². The number of hydrogen-bond donors (Lipinski definition) is 5. The Kier molecular flexibility index (Phi) is 15.2. The SMILES string of the molecule is C=CCn1c(=O)c2cnc(Nc3ccc(N4CCN(C5CN(C6CN(CC(=O)N[C@H](C(=O)N7C[C@H](O)C[C@H]7C(=O)NCc7ccc(-c8scnc8C)cc7)C(C)(C)C)C6)C5)CC4)cc3)nc2n1-c1cccc(C(C)(C)O)n1. The number of piperazine rings is 1. The van der Waals surface area contributed by atoms with E-state index in [0.717, 1.165) is 85.4 Å². The first-order valence-electron chi connectivity index (χ1n) is 26.5. The minimum absolute atomic E-state index is 0.0226. The van der Waals surface area contributed by atoms with Gasteiger partial charge in [0.2, 0.25) is 23.7 Å². The summed E-state index contributed by atoms with van der Waals surface area (Å²) in [6.45, 7) is 22.8. The van der Waals surface area contributed by atoms with Crippen molar-refractivity contribution in [2.75, 3.05) is 75.7 Å². The number of aryl methyl sites for hydroxylation is 1. The molecule has 8 heterocycles. The van der Waals surface area contributed by atoms with E-state index in [1.165, 1.54) is 15.8 Å². The molecule has 0 saturated carbocycles. The molecule has 4 saturated heterocycles. The van der Waals surface area contributed by atoms with Gasteiger partial charge in [-0.2, -0.15) is 4.98 Å². The Morgan fingerprint density at radius 2 is 1.60 bits per heavy atom. The average Bonchev–Trinajstić information content (AvgIpc) is 4.08. The molecule has 4 aliphatic heterocycles. The molecule has 0 radical (unpaired) electrons. The summed E-state index contributed by atoms with van der Waals surface area (Å²) in [6.07, 6.45) is 2.44. The molecule has 0 aliphatic carbocycles. The smallest absolute Gasteiger partial charge is 0.278 e. The first-order chi connectivity index (χ1) is 36.8. The first kappa shape index (κ1) is 53.5. The van der Waals surface area contributed by atoms with E-state index < -0.39 is 29.2 Å². The third kappa shape index (κ3) is 11.6. The summed E-state index contributed by atoms with van der Waals surface area (Å²) in [6, 6.07) is 20.6. The number of allylic oxidation sites excluding steroid dienone is 1. The van der Waals surface area contributed by atoms with Gasteiger partial charge in [0.1, 0.15) is 23.1 Å². The van der Waals surface area contributed by atoms with Gasteiger partial charge in [0.05, 0.1) is 41.0 Å². The van der Waals surface area contributed by atoms with E-state index in [-0.39, 0.29) is 55.9 Å². The zero-order chi connectivity index (χ0) is 54.3. The van der Waals surface area contributed by atoms with Gasteiger partial charge in [-0.25, -0.2) is 24.3 Å². The molecule has 6 aromatic rings. The fraction of sp³-hybridized carbons (Fsp3) is 0.464. The van der Waals surface area contributed by atoms with Crippen molar-refractivity contribution in [2.45, 2.75) is 96.9 Å². The third-order valence-electron chi connectivity index (χ3n) is 15.3. The van der Waals surface area contributed by atoms with Crippen LogP contribution in [-0.4, -0.2) is 173 Å². The van der Waals surface area contributed by atoms with Gasteiger partial charge in [-0.15, -0.1) is 17.9 Å². The number of pyridine rings is 1. The maximum atomic E-state index is 14.2. The first-order valence-corrected chi connectivity index (χ1v) is 27.4. The number of rotatable bonds is 17. The van der Waals surface area contributed by atoms with Crippen LogP contribution in [0.4, 0.5) is 17.3 Å². The number of thiazole rings is 1. The number of nitrogens with zero attached hydrogens (tertiary/aromatic N) is 11. The van der Waals surface area contributed by atoms with Crippen molar-refractivity contribution < 1.29 is 24.6 Å². The van der Waals surface area contributed by atoms with Crippen LogP contribution in [0.25, 0.3) is 27.3 Å². The number of β-amino-alcohol motifs (C(OH)–C–C–N with tert-alkyl or cyclic N) is 1. The summed E-state index contributed by atoms with van der Waals surface area (Å²) >= 11 is 1.58. The van der Waals surface area contributed by atoms with Crippen LogP contribution < -0.4 is 26.4 Å². The van der Waals surface area contributed by atoms with Crippen LogP contribution >= 0.6 is 11.3 Å². The molecule has 4 aromatic heterocycles. The number of carbonyl (C=O) groups excluding carboxylic acids is 3. The van der Waals surface area contributed by atoms with Crippen LogP contribution in [0, 0.1) is 12.3 Å². The van der Waals surface area contributed by atoms with Crippen molar-refractivity contribution in [2.24, 2.45) is 5.41 Å². The fourth-order valence-corrected chi connectivity index (χ4v) is 11.6. The summed E-state index contributed by atoms with van der Waals surface area (Å²) < 4.78 is 3.15. The van der Waals surface area contributed by atoms with Gasteiger partial charge < -0.3 is 36.0 Å². The molecule has 4 fully saturated rings. The minimum atomic E-state index is -1.18. The van der Waals surface area contributed by atoms with Gasteiger partial charge in [-0.1, -0.05) is 57.2 Å². The Hall–Kier alpha value is -6.88. The van der Waals surface area contributed by atoms with Crippen molar-refractivity contribution in [3.8, 4) is 16.3 Å². The highest BCUT2D eigenvalue weighted by Crippen LogP contribution is 2.31. The molecule has 2 aromatic carbocycles. The van der Waals surface area contributed by atoms with Gasteiger partial charge in [-0.3, -0.25) is 33.9 Å². The monoisotopic (exact) mass is 1070 g/mol. The number of amides is 3. The predicted molar refractivity (Wildman–Crippen MR) is 297 cm³/mol. The van der Waals surface area contributed by atoms with Crippen molar-refractivity contribution in [3.63, 3.8) is 0 Å². The number of likely N-dealkylation sites (tertiary alicyclic amines) is 3. The molecule has 406 valence electrons. The highest BCUT2D eigenvalue weighted by Gasteiger charge is 2.46. The second-order valence-electron chi connectivity index (χ2n) is 22.5. The van der Waals surface area contributed by atoms with Crippen molar-refractivity contribution in [1.82, 2.24) is 59.5 Å². The van der Waals surface area contributed by atoms with Crippen LogP contribution in [-0.2, 0) is 33.1 Å². The lowest BCUT2D eigenvalue weighted by molar-refractivity contribution is -0.144. The molecule has 3 amide bonds. The molecule has 5 N–H and O–H groups in total. The van der Waals surface area contributed by atoms with Gasteiger partial charge in [0.25, 0.3) is 5.56 Å². The topological polar surface area (TPSA) is 222 Å². The van der Waals surface area contributed by atoms with E-state index in [2.05, 4.69) is 69.2 Å². The molecule has 21 heteroatoms. The van der Waals surface area contributed by atoms with E-state index in [4.69, 9.17) is 4.98 Å². The molecular formula is C56H70N14O6S. The maximum absolute atomic E-state index is 14.2. The van der Waals surface area contributed by atoms with Crippen LogP contribution in [0.5, 0.6) is 0 Å². The van der Waals surface area contributed by atoms with E-state index in [9.17, 15) is 29.4 Å². The van der Waals surface area contributed by atoms with Gasteiger partial charge in [0.15, 0.2) is 11.5 Å². The Balaban J connectivity index is 0.662. The number of aliphatic hydroxyl groups is 2. The molecule has 0 spiro atoms. The van der Waals surface area contributed by atoms with Crippen LogP contribution in [0.1, 0.15) is 58.0 Å². The number of hydrogen-bond acceptors (Lipinski definition) is 16. The van der Waals surface area contributed by atoms with Gasteiger partial charge in [0, 0.05) is 102 Å². The molecule has 77 heavy (non-hydrogen) atoms. The quantitative estimate of drug-likeness (QED) is 0.0819. The normalized spacial score (nSPS) is 19.5. The highest BCUT2D eigenvalue weighted by molar-refractivity contribution is 7.13. The molecule has 0 bridgehead atoms. The molecule has 10 rings (SSSR count). The molecular weight excluding hydrogens is 997 g/mol. The Morgan fingerprint density at radius 3 is 2.26 bits per heavy atom. The molecule has 0 unspecified atom stereocenters. The Morgan fingerprint density at radius 1 is 0.883 bits per heavy atom. The van der Waals surface area contributed by atoms with Gasteiger partial charge >= 0.3 is 0 Å². The Bertz CT molecular complexity index is 3180. The summed E-state index contributed by atoms with van der Waals surface area (Å²) in [5.74, 6) is -0.180. The zero-order valence-corrected chi connectivity index (χ0v) is 45.5. The summed E-state index contributed by atoms with van der Waals surface area (Å²) in [7, 11) is 0. The lowest BCUT2D eigenvalue weighted by Crippen LogP contribution is -2.71. The number of aliphatic hydroxyl groups excluding tert-OH is 1. The fourth-order valence-electron chi connectivity index (χ4n) is 10.8. The molecule has 3 atom stereocenters. The minimum Gasteiger partial charge on any atom is -0.391 e. The van der Waals surface area contributed by atoms with Gasteiger partial charge in [-0.05, 0) is 73.7 Å². The number of anilines is 3. The summed E-state index contributed by atoms with van der Waals surface area (Å²) in [5, 5.41) is 31.0. The van der Waals surface area contributed by atoms with Crippen molar-refractivity contribution in [1.29, 1.82) is 0 Å². The van der Waals surface area contributed by atoms with E-state index in [1.54, 1.807) is 54.1 Å². The van der Waals surface area contributed by atoms with Crippen molar-refractivity contribution in [3.05, 3.63) is 118 Å². The second-order valence-corrected chi connectivity index (χ2v) is 23.3. The Labute approximate surface area is 452 Å². The summed E-state index contributed by atoms with van der Waals surface area (Å²) in [4.78, 5) is 85.2. The number of carbonyl (C=O) groups is 3. The lowest BCUT2D eigenvalue weighted by atomic mass is 9.85. The second kappa shape index (κ2) is 21.9. The van der Waals surface area contributed by atoms with Crippen LogP contribution in [0.3, 0.4) is 0 Å². The van der Waals surface area contributed by atoms with Crippen LogP contribution in [0.2, 0.25) is 0 Å². The molecule has 4 aliphatic rings. The number of fused-ring (bicyclic) bond motifs is 1.